The molecular formula is C26H37NO4. The van der Waals surface area contributed by atoms with E-state index in [1.54, 1.807) is 0 Å². The first kappa shape index (κ1) is 21.2. The Morgan fingerprint density at radius 2 is 1.90 bits per heavy atom. The van der Waals surface area contributed by atoms with Gasteiger partial charge >= 0.3 is 5.97 Å². The smallest absolute Gasteiger partial charge is 0.315 e. The summed E-state index contributed by atoms with van der Waals surface area (Å²) in [5.74, 6) is 0.350. The van der Waals surface area contributed by atoms with Crippen molar-refractivity contribution in [3.8, 4) is 0 Å². The maximum absolute atomic E-state index is 13.3. The van der Waals surface area contributed by atoms with Gasteiger partial charge in [0, 0.05) is 5.41 Å². The van der Waals surface area contributed by atoms with E-state index in [0.29, 0.717) is 18.3 Å². The molecule has 0 aromatic carbocycles. The first-order valence-corrected chi connectivity index (χ1v) is 12.5. The van der Waals surface area contributed by atoms with Crippen LogP contribution in [0.1, 0.15) is 78.6 Å². The molecule has 0 aliphatic heterocycles. The Labute approximate surface area is 185 Å². The van der Waals surface area contributed by atoms with E-state index in [1.807, 2.05) is 6.21 Å². The van der Waals surface area contributed by atoms with Crippen molar-refractivity contribution < 1.29 is 19.5 Å². The van der Waals surface area contributed by atoms with Crippen LogP contribution in [0.4, 0.5) is 0 Å². The minimum atomic E-state index is -1.19. The van der Waals surface area contributed by atoms with Crippen molar-refractivity contribution in [2.24, 2.45) is 51.0 Å². The van der Waals surface area contributed by atoms with Crippen LogP contribution < -0.4 is 0 Å². The number of hydrogen-bond acceptors (Lipinski definition) is 4. The van der Waals surface area contributed by atoms with Gasteiger partial charge in [-0.05, 0) is 74.5 Å². The molecule has 4 bridgehead atoms. The zero-order chi connectivity index (χ0) is 22.0. The second kappa shape index (κ2) is 7.18. The third-order valence-electron chi connectivity index (χ3n) is 10.0. The molecule has 0 amide bonds. The third-order valence-corrected chi connectivity index (χ3v) is 10.0. The summed E-state index contributed by atoms with van der Waals surface area (Å²) in [6.45, 7) is 6.43. The van der Waals surface area contributed by atoms with E-state index in [1.165, 1.54) is 19.3 Å². The lowest BCUT2D eigenvalue weighted by Crippen LogP contribution is -2.63. The first-order chi connectivity index (χ1) is 14.8. The molecule has 1 N–H and O–H groups in total. The summed E-state index contributed by atoms with van der Waals surface area (Å²) < 4.78 is 0. The van der Waals surface area contributed by atoms with Crippen molar-refractivity contribution in [3.63, 3.8) is 0 Å². The van der Waals surface area contributed by atoms with Gasteiger partial charge in [-0.25, -0.2) is 0 Å². The molecule has 0 saturated heterocycles. The lowest BCUT2D eigenvalue weighted by molar-refractivity contribution is -0.173. The number of allylic oxidation sites excluding steroid dienone is 1. The standard InChI is InChI=1S/C26H37NO4/c1-16(2)22-11-18-12-25(15-28)21-10-9-17(3)20(21)13-24(18,26(22,25)23(29)30)14-27-31-19-7-5-4-6-8-19/h11,14-21H,4-10,12-13H2,1-3H3,(H,29,30)/b27-14+/t17-,18+,20-,21-,24+,25+,26-/m1/s1. The van der Waals surface area contributed by atoms with Crippen LogP contribution in [0, 0.1) is 45.8 Å². The van der Waals surface area contributed by atoms with Crippen LogP contribution in [0.25, 0.3) is 0 Å². The van der Waals surface area contributed by atoms with E-state index in [0.717, 1.165) is 44.0 Å². The van der Waals surface area contributed by atoms with Gasteiger partial charge < -0.3 is 14.7 Å². The fraction of sp³-hybridized carbons (Fsp3) is 0.808. The highest BCUT2D eigenvalue weighted by Crippen LogP contribution is 2.82. The Kier molecular flexibility index (Phi) is 4.91. The lowest BCUT2D eigenvalue weighted by atomic mass is 9.43. The van der Waals surface area contributed by atoms with Gasteiger partial charge in [0.25, 0.3) is 0 Å². The second-order valence-electron chi connectivity index (χ2n) is 11.5. The third kappa shape index (κ3) is 2.47. The van der Waals surface area contributed by atoms with Crippen LogP contribution in [-0.2, 0) is 14.4 Å². The minimum absolute atomic E-state index is 0.0442. The molecule has 7 atom stereocenters. The van der Waals surface area contributed by atoms with E-state index in [9.17, 15) is 14.7 Å². The Balaban J connectivity index is 1.63. The monoisotopic (exact) mass is 427 g/mol. The molecule has 5 aliphatic carbocycles. The van der Waals surface area contributed by atoms with Crippen LogP contribution in [0.15, 0.2) is 16.8 Å². The van der Waals surface area contributed by atoms with Gasteiger partial charge in [-0.3, -0.25) is 4.79 Å². The molecule has 5 nitrogen and oxygen atoms in total. The van der Waals surface area contributed by atoms with E-state index in [4.69, 9.17) is 4.84 Å². The van der Waals surface area contributed by atoms with Gasteiger partial charge in [0.1, 0.15) is 17.8 Å². The van der Waals surface area contributed by atoms with Crippen LogP contribution in [-0.4, -0.2) is 29.7 Å². The van der Waals surface area contributed by atoms with E-state index >= 15 is 0 Å². The van der Waals surface area contributed by atoms with Gasteiger partial charge in [-0.15, -0.1) is 0 Å². The molecule has 0 radical (unpaired) electrons. The zero-order valence-corrected chi connectivity index (χ0v) is 19.2. The van der Waals surface area contributed by atoms with Gasteiger partial charge in [0.05, 0.1) is 11.6 Å². The number of hydrogen-bond donors (Lipinski definition) is 1. The number of aldehydes is 1. The topological polar surface area (TPSA) is 76.0 Å². The minimum Gasteiger partial charge on any atom is -0.481 e. The predicted molar refractivity (Wildman–Crippen MR) is 118 cm³/mol. The van der Waals surface area contributed by atoms with Crippen LogP contribution in [0.5, 0.6) is 0 Å². The SMILES string of the molecule is CC(C)C1=C[C@H]2C[C@]3(C=O)[C@@H]4CC[C@@H](C)[C@H]4C[C@@]2(/C=N/OC2CCCCC2)[C@]13C(=O)O. The summed E-state index contributed by atoms with van der Waals surface area (Å²) >= 11 is 0. The highest BCUT2D eigenvalue weighted by molar-refractivity contribution is 5.96. The first-order valence-electron chi connectivity index (χ1n) is 12.5. The molecule has 4 fully saturated rings. The number of carbonyl (C=O) groups excluding carboxylic acids is 1. The van der Waals surface area contributed by atoms with Gasteiger partial charge in [-0.2, -0.15) is 0 Å². The number of rotatable bonds is 6. The Bertz CT molecular complexity index is 827. The highest BCUT2D eigenvalue weighted by Gasteiger charge is 2.84. The molecule has 170 valence electrons. The molecule has 0 aromatic rings. The summed E-state index contributed by atoms with van der Waals surface area (Å²) in [6.07, 6.45) is 14.4. The Morgan fingerprint density at radius 1 is 1.16 bits per heavy atom. The number of fused-ring (bicyclic) bond motifs is 2. The highest BCUT2D eigenvalue weighted by atomic mass is 16.6. The number of carboxylic acids is 1. The molecule has 0 aromatic heterocycles. The molecule has 5 rings (SSSR count). The summed E-state index contributed by atoms with van der Waals surface area (Å²) in [7, 11) is 0. The number of carboxylic acid groups (broad SMARTS) is 1. The molecule has 5 heteroatoms. The average molecular weight is 428 g/mol. The van der Waals surface area contributed by atoms with Crippen molar-refractivity contribution in [2.45, 2.75) is 84.7 Å². The quantitative estimate of drug-likeness (QED) is 0.272. The fourth-order valence-corrected chi connectivity index (χ4v) is 8.87. The second-order valence-corrected chi connectivity index (χ2v) is 11.5. The molecule has 0 unspecified atom stereocenters. The summed E-state index contributed by atoms with van der Waals surface area (Å²) in [5.41, 5.74) is -1.73. The number of nitrogens with zero attached hydrogens (tertiary/aromatic N) is 1. The summed E-state index contributed by atoms with van der Waals surface area (Å²) in [6, 6.07) is 0. The van der Waals surface area contributed by atoms with Gasteiger partial charge in [0.15, 0.2) is 0 Å². The van der Waals surface area contributed by atoms with E-state index < -0.39 is 22.2 Å². The average Bonchev–Trinajstić information content (AvgIpc) is 3.32. The van der Waals surface area contributed by atoms with Crippen molar-refractivity contribution in [1.29, 1.82) is 0 Å². The van der Waals surface area contributed by atoms with Crippen molar-refractivity contribution in [2.75, 3.05) is 0 Å². The Hall–Kier alpha value is -1.65. The molecule has 4 saturated carbocycles. The fourth-order valence-electron chi connectivity index (χ4n) is 8.87. The largest absolute Gasteiger partial charge is 0.481 e. The number of carbonyl (C=O) groups is 2. The van der Waals surface area contributed by atoms with Crippen LogP contribution in [0.2, 0.25) is 0 Å². The normalized spacial score (nSPS) is 46.4. The maximum Gasteiger partial charge on any atom is 0.315 e. The van der Waals surface area contributed by atoms with Crippen molar-refractivity contribution >= 4 is 18.5 Å². The molecule has 0 spiro atoms. The zero-order valence-electron chi connectivity index (χ0n) is 19.2. The maximum atomic E-state index is 13.3. The van der Waals surface area contributed by atoms with Crippen LogP contribution >= 0.6 is 0 Å². The van der Waals surface area contributed by atoms with E-state index in [-0.39, 0.29) is 23.9 Å². The van der Waals surface area contributed by atoms with Crippen molar-refractivity contribution in [3.05, 3.63) is 11.6 Å². The predicted octanol–water partition coefficient (Wildman–Crippen LogP) is 5.25. The molecule has 0 heterocycles. The molecular weight excluding hydrogens is 390 g/mol. The number of aliphatic carboxylic acids is 1. The molecule has 31 heavy (non-hydrogen) atoms. The lowest BCUT2D eigenvalue weighted by Gasteiger charge is -2.57. The molecule has 5 aliphatic rings. The van der Waals surface area contributed by atoms with E-state index in [2.05, 4.69) is 32.0 Å². The van der Waals surface area contributed by atoms with Crippen molar-refractivity contribution in [1.82, 2.24) is 0 Å². The Morgan fingerprint density at radius 3 is 2.55 bits per heavy atom. The summed E-state index contributed by atoms with van der Waals surface area (Å²) in [4.78, 5) is 32.2. The van der Waals surface area contributed by atoms with Gasteiger partial charge in [-0.1, -0.05) is 50.4 Å². The van der Waals surface area contributed by atoms with Crippen LogP contribution in [0.3, 0.4) is 0 Å². The van der Waals surface area contributed by atoms with Gasteiger partial charge in [0.2, 0.25) is 0 Å². The number of oxime groups is 1. The summed E-state index contributed by atoms with van der Waals surface area (Å²) in [5, 5.41) is 15.4.